The highest BCUT2D eigenvalue weighted by molar-refractivity contribution is 5.75. The number of carboxylic acid groups (broad SMARTS) is 1. The van der Waals surface area contributed by atoms with Crippen molar-refractivity contribution in [2.45, 2.75) is 26.2 Å². The van der Waals surface area contributed by atoms with E-state index in [0.717, 1.165) is 18.4 Å². The standard InChI is InChI=1S/C10H13NO3/c1-10(9(12)13,8-2-3-8)4-7-5-11-14-6-7/h5-6,8H,2-4H2,1H3,(H,12,13). The Morgan fingerprint density at radius 1 is 1.79 bits per heavy atom. The summed E-state index contributed by atoms with van der Waals surface area (Å²) in [5.41, 5.74) is 0.216. The number of carbonyl (C=O) groups is 1. The van der Waals surface area contributed by atoms with E-state index in [1.165, 1.54) is 6.26 Å². The van der Waals surface area contributed by atoms with Gasteiger partial charge in [-0.05, 0) is 32.1 Å². The van der Waals surface area contributed by atoms with Crippen molar-refractivity contribution in [1.82, 2.24) is 5.16 Å². The van der Waals surface area contributed by atoms with E-state index in [1.54, 1.807) is 13.1 Å². The van der Waals surface area contributed by atoms with Crippen molar-refractivity contribution in [3.05, 3.63) is 18.0 Å². The first kappa shape index (κ1) is 9.24. The monoisotopic (exact) mass is 195 g/mol. The van der Waals surface area contributed by atoms with E-state index in [4.69, 9.17) is 4.52 Å². The molecule has 1 aliphatic carbocycles. The van der Waals surface area contributed by atoms with Crippen molar-refractivity contribution < 1.29 is 14.4 Å². The maximum Gasteiger partial charge on any atom is 0.309 e. The molecule has 0 saturated heterocycles. The molecule has 0 aromatic carbocycles. The predicted molar refractivity (Wildman–Crippen MR) is 48.7 cm³/mol. The van der Waals surface area contributed by atoms with Gasteiger partial charge in [-0.25, -0.2) is 0 Å². The third-order valence-electron chi connectivity index (χ3n) is 3.02. The van der Waals surface area contributed by atoms with Crippen LogP contribution in [-0.4, -0.2) is 16.2 Å². The van der Waals surface area contributed by atoms with Crippen LogP contribution < -0.4 is 0 Å². The second-order valence-corrected chi connectivity index (χ2v) is 4.21. The minimum Gasteiger partial charge on any atom is -0.481 e. The summed E-state index contributed by atoms with van der Waals surface area (Å²) in [5, 5.41) is 12.8. The zero-order valence-electron chi connectivity index (χ0n) is 8.06. The lowest BCUT2D eigenvalue weighted by atomic mass is 9.80. The number of rotatable bonds is 4. The van der Waals surface area contributed by atoms with Crippen molar-refractivity contribution in [2.75, 3.05) is 0 Å². The van der Waals surface area contributed by atoms with Crippen LogP contribution in [0.5, 0.6) is 0 Å². The highest BCUT2D eigenvalue weighted by Crippen LogP contribution is 2.47. The van der Waals surface area contributed by atoms with Gasteiger partial charge < -0.3 is 9.63 Å². The molecule has 2 rings (SSSR count). The zero-order chi connectivity index (χ0) is 10.2. The lowest BCUT2D eigenvalue weighted by Gasteiger charge is -2.23. The van der Waals surface area contributed by atoms with Gasteiger partial charge in [-0.3, -0.25) is 4.79 Å². The number of carboxylic acids is 1. The maximum absolute atomic E-state index is 11.2. The molecule has 4 heteroatoms. The fourth-order valence-corrected chi connectivity index (χ4v) is 1.85. The normalized spacial score (nSPS) is 20.4. The molecule has 1 fully saturated rings. The molecule has 1 unspecified atom stereocenters. The van der Waals surface area contributed by atoms with E-state index < -0.39 is 11.4 Å². The van der Waals surface area contributed by atoms with Crippen LogP contribution in [0.4, 0.5) is 0 Å². The first-order chi connectivity index (χ1) is 6.63. The van der Waals surface area contributed by atoms with E-state index in [2.05, 4.69) is 5.16 Å². The summed E-state index contributed by atoms with van der Waals surface area (Å²) >= 11 is 0. The number of nitrogens with zero attached hydrogens (tertiary/aromatic N) is 1. The van der Waals surface area contributed by atoms with Crippen molar-refractivity contribution in [3.63, 3.8) is 0 Å². The summed E-state index contributed by atoms with van der Waals surface area (Å²) in [6.07, 6.45) is 5.66. The van der Waals surface area contributed by atoms with Gasteiger partial charge in [0.1, 0.15) is 6.26 Å². The van der Waals surface area contributed by atoms with E-state index in [0.29, 0.717) is 12.3 Å². The minimum absolute atomic E-state index is 0.315. The van der Waals surface area contributed by atoms with Crippen LogP contribution in [0.25, 0.3) is 0 Å². The van der Waals surface area contributed by atoms with E-state index in [1.807, 2.05) is 0 Å². The number of hydrogen-bond donors (Lipinski definition) is 1. The zero-order valence-corrected chi connectivity index (χ0v) is 8.06. The molecule has 0 aliphatic heterocycles. The van der Waals surface area contributed by atoms with Crippen molar-refractivity contribution in [2.24, 2.45) is 11.3 Å². The molecule has 4 nitrogen and oxygen atoms in total. The van der Waals surface area contributed by atoms with Crippen LogP contribution in [0, 0.1) is 11.3 Å². The highest BCUT2D eigenvalue weighted by Gasteiger charge is 2.47. The van der Waals surface area contributed by atoms with Crippen molar-refractivity contribution >= 4 is 5.97 Å². The van der Waals surface area contributed by atoms with Gasteiger partial charge in [-0.15, -0.1) is 0 Å². The Hall–Kier alpha value is -1.32. The van der Waals surface area contributed by atoms with E-state index in [-0.39, 0.29) is 0 Å². The average Bonchev–Trinajstić information content (AvgIpc) is 2.87. The molecule has 14 heavy (non-hydrogen) atoms. The third-order valence-corrected chi connectivity index (χ3v) is 3.02. The molecule has 0 bridgehead atoms. The molecule has 0 amide bonds. The first-order valence-electron chi connectivity index (χ1n) is 4.74. The molecule has 1 aliphatic rings. The lowest BCUT2D eigenvalue weighted by Crippen LogP contribution is -2.32. The topological polar surface area (TPSA) is 63.3 Å². The molecule has 0 spiro atoms. The van der Waals surface area contributed by atoms with Crippen LogP contribution in [0.1, 0.15) is 25.3 Å². The van der Waals surface area contributed by atoms with Crippen LogP contribution in [0.15, 0.2) is 17.0 Å². The molecule has 76 valence electrons. The van der Waals surface area contributed by atoms with E-state index >= 15 is 0 Å². The smallest absolute Gasteiger partial charge is 0.309 e. The molecule has 1 saturated carbocycles. The SMILES string of the molecule is CC(Cc1cnoc1)(C(=O)O)C1CC1. The molecule has 1 aromatic heterocycles. The van der Waals surface area contributed by atoms with Crippen LogP contribution in [0.2, 0.25) is 0 Å². The van der Waals surface area contributed by atoms with Gasteiger partial charge >= 0.3 is 5.97 Å². The fourth-order valence-electron chi connectivity index (χ4n) is 1.85. The van der Waals surface area contributed by atoms with Crippen LogP contribution in [-0.2, 0) is 11.2 Å². The van der Waals surface area contributed by atoms with Gasteiger partial charge in [0, 0.05) is 5.56 Å². The average molecular weight is 195 g/mol. The summed E-state index contributed by atoms with van der Waals surface area (Å²) in [6.45, 7) is 1.81. The Morgan fingerprint density at radius 3 is 2.93 bits per heavy atom. The number of aromatic nitrogens is 1. The molecule has 1 N–H and O–H groups in total. The van der Waals surface area contributed by atoms with Crippen LogP contribution >= 0.6 is 0 Å². The van der Waals surface area contributed by atoms with Crippen LogP contribution in [0.3, 0.4) is 0 Å². The van der Waals surface area contributed by atoms with Gasteiger partial charge in [0.2, 0.25) is 0 Å². The molecular weight excluding hydrogens is 182 g/mol. The second kappa shape index (κ2) is 3.12. The second-order valence-electron chi connectivity index (χ2n) is 4.21. The highest BCUT2D eigenvalue weighted by atomic mass is 16.5. The van der Waals surface area contributed by atoms with Gasteiger partial charge in [0.05, 0.1) is 11.6 Å². The lowest BCUT2D eigenvalue weighted by molar-refractivity contribution is -0.149. The Bertz CT molecular complexity index is 329. The molecule has 0 radical (unpaired) electrons. The molecule has 1 aromatic rings. The minimum atomic E-state index is -0.721. The first-order valence-corrected chi connectivity index (χ1v) is 4.74. The summed E-state index contributed by atoms with van der Waals surface area (Å²) in [7, 11) is 0. The molecule has 1 atom stereocenters. The van der Waals surface area contributed by atoms with Gasteiger partial charge in [0.15, 0.2) is 0 Å². The summed E-state index contributed by atoms with van der Waals surface area (Å²) in [4.78, 5) is 11.2. The van der Waals surface area contributed by atoms with Gasteiger partial charge in [0.25, 0.3) is 0 Å². The van der Waals surface area contributed by atoms with Crippen molar-refractivity contribution in [1.29, 1.82) is 0 Å². The Morgan fingerprint density at radius 2 is 2.50 bits per heavy atom. The number of hydrogen-bond acceptors (Lipinski definition) is 3. The molecule has 1 heterocycles. The summed E-state index contributed by atoms with van der Waals surface area (Å²) in [5.74, 6) is -0.406. The Labute approximate surface area is 81.9 Å². The quantitative estimate of drug-likeness (QED) is 0.794. The largest absolute Gasteiger partial charge is 0.481 e. The fraction of sp³-hybridized carbons (Fsp3) is 0.600. The van der Waals surface area contributed by atoms with Gasteiger partial charge in [-0.2, -0.15) is 0 Å². The van der Waals surface area contributed by atoms with E-state index in [9.17, 15) is 9.90 Å². The number of aliphatic carboxylic acids is 1. The van der Waals surface area contributed by atoms with Gasteiger partial charge in [-0.1, -0.05) is 5.16 Å². The Balaban J connectivity index is 2.15. The third kappa shape index (κ3) is 1.52. The predicted octanol–water partition coefficient (Wildman–Crippen LogP) is 1.72. The molecular formula is C10H13NO3. The maximum atomic E-state index is 11.2. The Kier molecular flexibility index (Phi) is 2.06. The summed E-state index contributed by atoms with van der Waals surface area (Å²) < 4.78 is 4.70. The van der Waals surface area contributed by atoms with Crippen molar-refractivity contribution in [3.8, 4) is 0 Å². The summed E-state index contributed by atoms with van der Waals surface area (Å²) in [6, 6.07) is 0.